The van der Waals surface area contributed by atoms with Crippen LogP contribution >= 0.6 is 11.8 Å². The Hall–Kier alpha value is -0.220. The van der Waals surface area contributed by atoms with Crippen molar-refractivity contribution in [2.45, 2.75) is 44.7 Å². The maximum atomic E-state index is 12.4. The zero-order valence-corrected chi connectivity index (χ0v) is 10.8. The van der Waals surface area contributed by atoms with Crippen molar-refractivity contribution in [1.29, 1.82) is 0 Å². The van der Waals surface area contributed by atoms with Gasteiger partial charge in [0.05, 0.1) is 5.92 Å². The fourth-order valence-corrected chi connectivity index (χ4v) is 3.75. The van der Waals surface area contributed by atoms with E-state index in [1.54, 1.807) is 0 Å². The summed E-state index contributed by atoms with van der Waals surface area (Å²) in [6.07, 6.45) is 4.38. The molecule has 0 aromatic carbocycles. The van der Waals surface area contributed by atoms with E-state index >= 15 is 0 Å². The molecule has 4 heteroatoms. The number of amides is 1. The van der Waals surface area contributed by atoms with Crippen molar-refractivity contribution < 1.29 is 4.79 Å². The van der Waals surface area contributed by atoms with E-state index in [1.165, 1.54) is 12.8 Å². The fraction of sp³-hybridized carbons (Fsp3) is 0.917. The summed E-state index contributed by atoms with van der Waals surface area (Å²) in [6.45, 7) is 3.06. The number of rotatable bonds is 1. The van der Waals surface area contributed by atoms with Gasteiger partial charge in [0, 0.05) is 30.1 Å². The highest BCUT2D eigenvalue weighted by Crippen LogP contribution is 2.27. The van der Waals surface area contributed by atoms with Gasteiger partial charge in [0.25, 0.3) is 0 Å². The summed E-state index contributed by atoms with van der Waals surface area (Å²) >= 11 is 1.95. The fourth-order valence-electron chi connectivity index (χ4n) is 2.73. The first-order chi connectivity index (χ1) is 7.70. The average molecular weight is 242 g/mol. The molecule has 3 atom stereocenters. The predicted molar refractivity (Wildman–Crippen MR) is 68.4 cm³/mol. The molecule has 16 heavy (non-hydrogen) atoms. The molecule has 0 radical (unpaired) electrons. The Morgan fingerprint density at radius 1 is 1.38 bits per heavy atom. The Morgan fingerprint density at radius 3 is 2.81 bits per heavy atom. The highest BCUT2D eigenvalue weighted by Gasteiger charge is 2.34. The molecular formula is C12H22N2OS. The molecular weight excluding hydrogens is 220 g/mol. The smallest absolute Gasteiger partial charge is 0.227 e. The molecule has 0 bridgehead atoms. The predicted octanol–water partition coefficient (Wildman–Crippen LogP) is 1.47. The molecule has 1 amide bonds. The van der Waals surface area contributed by atoms with E-state index in [-0.39, 0.29) is 12.0 Å². The van der Waals surface area contributed by atoms with Crippen molar-refractivity contribution in [1.82, 2.24) is 4.90 Å². The normalized spacial score (nSPS) is 36.1. The van der Waals surface area contributed by atoms with Crippen LogP contribution in [-0.4, -0.2) is 40.9 Å². The Morgan fingerprint density at radius 2 is 2.12 bits per heavy atom. The van der Waals surface area contributed by atoms with Crippen LogP contribution in [0.3, 0.4) is 0 Å². The Labute approximate surface area is 102 Å². The van der Waals surface area contributed by atoms with Gasteiger partial charge in [-0.25, -0.2) is 0 Å². The van der Waals surface area contributed by atoms with Gasteiger partial charge in [0.15, 0.2) is 0 Å². The highest BCUT2D eigenvalue weighted by molar-refractivity contribution is 7.99. The first-order valence-electron chi connectivity index (χ1n) is 6.34. The van der Waals surface area contributed by atoms with E-state index in [2.05, 4.69) is 11.8 Å². The highest BCUT2D eigenvalue weighted by atomic mass is 32.2. The van der Waals surface area contributed by atoms with E-state index in [0.717, 1.165) is 30.9 Å². The van der Waals surface area contributed by atoms with Gasteiger partial charge in [-0.05, 0) is 19.8 Å². The van der Waals surface area contributed by atoms with Gasteiger partial charge in [0.1, 0.15) is 0 Å². The Balaban J connectivity index is 1.99. The van der Waals surface area contributed by atoms with Crippen LogP contribution in [0.15, 0.2) is 0 Å². The molecule has 3 nitrogen and oxygen atoms in total. The summed E-state index contributed by atoms with van der Waals surface area (Å²) in [5.41, 5.74) is 6.08. The maximum absolute atomic E-state index is 12.4. The zero-order chi connectivity index (χ0) is 11.5. The molecule has 3 unspecified atom stereocenters. The molecule has 1 aliphatic carbocycles. The van der Waals surface area contributed by atoms with E-state index in [1.807, 2.05) is 11.8 Å². The second kappa shape index (κ2) is 5.41. The van der Waals surface area contributed by atoms with E-state index in [4.69, 9.17) is 5.73 Å². The SMILES string of the molecule is CC1CSCCN1C(=O)C1CCCCC1N. The third kappa shape index (κ3) is 2.54. The van der Waals surface area contributed by atoms with Crippen LogP contribution in [0.1, 0.15) is 32.6 Å². The van der Waals surface area contributed by atoms with Crippen molar-refractivity contribution in [2.24, 2.45) is 11.7 Å². The van der Waals surface area contributed by atoms with Crippen LogP contribution in [0.4, 0.5) is 0 Å². The lowest BCUT2D eigenvalue weighted by atomic mass is 9.84. The van der Waals surface area contributed by atoms with E-state index in [9.17, 15) is 4.79 Å². The third-order valence-electron chi connectivity index (χ3n) is 3.79. The molecule has 2 fully saturated rings. The largest absolute Gasteiger partial charge is 0.338 e. The topological polar surface area (TPSA) is 46.3 Å². The molecule has 1 aliphatic heterocycles. The zero-order valence-electron chi connectivity index (χ0n) is 10.0. The Kier molecular flexibility index (Phi) is 4.14. The van der Waals surface area contributed by atoms with Crippen LogP contribution in [0.5, 0.6) is 0 Å². The minimum atomic E-state index is 0.0966. The molecule has 92 valence electrons. The van der Waals surface area contributed by atoms with Crippen molar-refractivity contribution >= 4 is 17.7 Å². The molecule has 2 rings (SSSR count). The monoisotopic (exact) mass is 242 g/mol. The summed E-state index contributed by atoms with van der Waals surface area (Å²) in [5, 5.41) is 0. The third-order valence-corrected chi connectivity index (χ3v) is 4.98. The number of carbonyl (C=O) groups is 1. The molecule has 1 saturated heterocycles. The molecule has 1 heterocycles. The lowest BCUT2D eigenvalue weighted by Gasteiger charge is -2.38. The van der Waals surface area contributed by atoms with Gasteiger partial charge in [-0.3, -0.25) is 4.79 Å². The molecule has 0 spiro atoms. The molecule has 1 saturated carbocycles. The van der Waals surface area contributed by atoms with Crippen LogP contribution in [-0.2, 0) is 4.79 Å². The number of hydrogen-bond donors (Lipinski definition) is 1. The van der Waals surface area contributed by atoms with Gasteiger partial charge >= 0.3 is 0 Å². The second-order valence-electron chi connectivity index (χ2n) is 5.01. The van der Waals surface area contributed by atoms with Gasteiger partial charge in [-0.15, -0.1) is 0 Å². The van der Waals surface area contributed by atoms with Gasteiger partial charge in [-0.2, -0.15) is 11.8 Å². The molecule has 0 aromatic heterocycles. The number of thioether (sulfide) groups is 1. The minimum Gasteiger partial charge on any atom is -0.338 e. The first kappa shape index (κ1) is 12.2. The summed E-state index contributed by atoms with van der Waals surface area (Å²) in [4.78, 5) is 14.5. The average Bonchev–Trinajstić information content (AvgIpc) is 2.29. The number of nitrogens with zero attached hydrogens (tertiary/aromatic N) is 1. The lowest BCUT2D eigenvalue weighted by Crippen LogP contribution is -2.51. The van der Waals surface area contributed by atoms with Crippen molar-refractivity contribution in [3.63, 3.8) is 0 Å². The summed E-state index contributed by atoms with van der Waals surface area (Å²) in [7, 11) is 0. The van der Waals surface area contributed by atoms with Crippen LogP contribution in [0.2, 0.25) is 0 Å². The Bertz CT molecular complexity index is 235. The van der Waals surface area contributed by atoms with Gasteiger partial charge in [0.2, 0.25) is 5.91 Å². The van der Waals surface area contributed by atoms with Crippen molar-refractivity contribution in [3.05, 3.63) is 0 Å². The quantitative estimate of drug-likeness (QED) is 0.757. The van der Waals surface area contributed by atoms with Crippen LogP contribution in [0.25, 0.3) is 0 Å². The second-order valence-corrected chi connectivity index (χ2v) is 6.16. The minimum absolute atomic E-state index is 0.0966. The summed E-state index contributed by atoms with van der Waals surface area (Å²) in [6, 6.07) is 0.489. The molecule has 0 aromatic rings. The number of nitrogens with two attached hydrogens (primary N) is 1. The maximum Gasteiger partial charge on any atom is 0.227 e. The van der Waals surface area contributed by atoms with Gasteiger partial charge < -0.3 is 10.6 Å². The van der Waals surface area contributed by atoms with E-state index in [0.29, 0.717) is 11.9 Å². The van der Waals surface area contributed by atoms with Crippen LogP contribution < -0.4 is 5.73 Å². The number of hydrogen-bond acceptors (Lipinski definition) is 3. The summed E-state index contributed by atoms with van der Waals surface area (Å²) in [5.74, 6) is 2.57. The van der Waals surface area contributed by atoms with Crippen molar-refractivity contribution in [3.8, 4) is 0 Å². The molecule has 2 aliphatic rings. The number of carbonyl (C=O) groups excluding carboxylic acids is 1. The molecule has 2 N–H and O–H groups in total. The summed E-state index contributed by atoms with van der Waals surface area (Å²) < 4.78 is 0. The first-order valence-corrected chi connectivity index (χ1v) is 7.49. The van der Waals surface area contributed by atoms with Gasteiger partial charge in [-0.1, -0.05) is 12.8 Å². The lowest BCUT2D eigenvalue weighted by molar-refractivity contribution is -0.138. The standard InChI is InChI=1S/C12H22N2OS/c1-9-8-16-7-6-14(9)12(15)10-4-2-3-5-11(10)13/h9-11H,2-8,13H2,1H3. The van der Waals surface area contributed by atoms with E-state index < -0.39 is 0 Å². The van der Waals surface area contributed by atoms with Crippen molar-refractivity contribution in [2.75, 3.05) is 18.1 Å². The van der Waals surface area contributed by atoms with Crippen LogP contribution in [0, 0.1) is 5.92 Å².